The Morgan fingerprint density at radius 3 is 2.74 bits per heavy atom. The van der Waals surface area contributed by atoms with Gasteiger partial charge < -0.3 is 10.3 Å². The number of hydrogen-bond donors (Lipinski definition) is 2. The number of pyridine rings is 1. The predicted molar refractivity (Wildman–Crippen MR) is 95.3 cm³/mol. The molecule has 4 nitrogen and oxygen atoms in total. The molecule has 1 amide bonds. The number of aromatic nitrogens is 1. The first kappa shape index (κ1) is 17.0. The van der Waals surface area contributed by atoms with Gasteiger partial charge in [0, 0.05) is 23.7 Å². The topological polar surface area (TPSA) is 62.0 Å². The SMILES string of the molecule is CC(C)(C)CCCNC(=O)/C=C/c1cc2ccccc2[nH]c1=O. The Kier molecular flexibility index (Phi) is 5.37. The maximum absolute atomic E-state index is 12.0. The number of H-pyrrole nitrogens is 1. The van der Waals surface area contributed by atoms with E-state index in [1.807, 2.05) is 24.3 Å². The van der Waals surface area contributed by atoms with Gasteiger partial charge in [-0.2, -0.15) is 0 Å². The molecule has 0 spiro atoms. The lowest BCUT2D eigenvalue weighted by atomic mass is 9.91. The summed E-state index contributed by atoms with van der Waals surface area (Å²) in [6.45, 7) is 7.19. The summed E-state index contributed by atoms with van der Waals surface area (Å²) in [5.74, 6) is -0.175. The number of fused-ring (bicyclic) bond motifs is 1. The molecular weight excluding hydrogens is 288 g/mol. The van der Waals surface area contributed by atoms with Crippen LogP contribution in [0.15, 0.2) is 41.2 Å². The minimum absolute atomic E-state index is 0.175. The average molecular weight is 312 g/mol. The third-order valence-electron chi connectivity index (χ3n) is 3.60. The molecule has 0 aliphatic heterocycles. The highest BCUT2D eigenvalue weighted by atomic mass is 16.1. The fourth-order valence-electron chi connectivity index (χ4n) is 2.34. The Morgan fingerprint density at radius 1 is 1.26 bits per heavy atom. The molecule has 122 valence electrons. The van der Waals surface area contributed by atoms with Crippen molar-refractivity contribution >= 4 is 22.9 Å². The molecule has 4 heteroatoms. The van der Waals surface area contributed by atoms with E-state index in [9.17, 15) is 9.59 Å². The summed E-state index contributed by atoms with van der Waals surface area (Å²) in [4.78, 5) is 26.6. The van der Waals surface area contributed by atoms with E-state index in [0.29, 0.717) is 12.1 Å². The van der Waals surface area contributed by atoms with Gasteiger partial charge in [-0.25, -0.2) is 0 Å². The highest BCUT2D eigenvalue weighted by molar-refractivity contribution is 5.92. The highest BCUT2D eigenvalue weighted by Gasteiger charge is 2.09. The van der Waals surface area contributed by atoms with Crippen LogP contribution >= 0.6 is 0 Å². The number of carbonyl (C=O) groups excluding carboxylic acids is 1. The third kappa shape index (κ3) is 5.40. The van der Waals surface area contributed by atoms with Crippen LogP contribution in [0.2, 0.25) is 0 Å². The number of para-hydroxylation sites is 1. The summed E-state index contributed by atoms with van der Waals surface area (Å²) in [7, 11) is 0. The molecule has 0 fully saturated rings. The van der Waals surface area contributed by atoms with Crippen LogP contribution in [0.25, 0.3) is 17.0 Å². The van der Waals surface area contributed by atoms with Crippen LogP contribution in [-0.4, -0.2) is 17.4 Å². The van der Waals surface area contributed by atoms with E-state index in [2.05, 4.69) is 31.1 Å². The van der Waals surface area contributed by atoms with Crippen molar-refractivity contribution in [3.63, 3.8) is 0 Å². The fraction of sp³-hybridized carbons (Fsp3) is 0.368. The van der Waals surface area contributed by atoms with E-state index in [1.54, 1.807) is 12.1 Å². The van der Waals surface area contributed by atoms with E-state index in [-0.39, 0.29) is 16.9 Å². The number of amides is 1. The Bertz CT molecular complexity index is 767. The minimum atomic E-state index is -0.194. The van der Waals surface area contributed by atoms with Crippen LogP contribution in [0.5, 0.6) is 0 Å². The second-order valence-corrected chi connectivity index (χ2v) is 6.93. The average Bonchev–Trinajstić information content (AvgIpc) is 2.48. The summed E-state index contributed by atoms with van der Waals surface area (Å²) < 4.78 is 0. The molecule has 0 saturated heterocycles. The first-order chi connectivity index (χ1) is 10.8. The number of aromatic amines is 1. The van der Waals surface area contributed by atoms with Gasteiger partial charge in [-0.05, 0) is 41.9 Å². The van der Waals surface area contributed by atoms with Crippen molar-refractivity contribution in [2.75, 3.05) is 6.54 Å². The molecule has 0 unspecified atom stereocenters. The summed E-state index contributed by atoms with van der Waals surface area (Å²) in [5.41, 5.74) is 1.36. The van der Waals surface area contributed by atoms with Crippen LogP contribution < -0.4 is 10.9 Å². The lowest BCUT2D eigenvalue weighted by Crippen LogP contribution is -2.23. The first-order valence-corrected chi connectivity index (χ1v) is 7.93. The normalized spacial score (nSPS) is 12.0. The monoisotopic (exact) mass is 312 g/mol. The molecule has 0 saturated carbocycles. The van der Waals surface area contributed by atoms with Crippen molar-refractivity contribution in [1.29, 1.82) is 0 Å². The number of benzene rings is 1. The van der Waals surface area contributed by atoms with Crippen molar-refractivity contribution in [3.05, 3.63) is 52.3 Å². The molecule has 0 atom stereocenters. The van der Waals surface area contributed by atoms with Crippen molar-refractivity contribution in [2.45, 2.75) is 33.6 Å². The zero-order chi connectivity index (χ0) is 16.9. The summed E-state index contributed by atoms with van der Waals surface area (Å²) in [6.07, 6.45) is 4.97. The van der Waals surface area contributed by atoms with E-state index in [4.69, 9.17) is 0 Å². The highest BCUT2D eigenvalue weighted by Crippen LogP contribution is 2.19. The Hall–Kier alpha value is -2.36. The predicted octanol–water partition coefficient (Wildman–Crippen LogP) is 3.48. The number of hydrogen-bond acceptors (Lipinski definition) is 2. The van der Waals surface area contributed by atoms with Gasteiger partial charge in [0.1, 0.15) is 0 Å². The van der Waals surface area contributed by atoms with Crippen LogP contribution in [0, 0.1) is 5.41 Å². The van der Waals surface area contributed by atoms with E-state index in [1.165, 1.54) is 6.08 Å². The van der Waals surface area contributed by atoms with E-state index in [0.717, 1.165) is 23.7 Å². The second-order valence-electron chi connectivity index (χ2n) is 6.93. The smallest absolute Gasteiger partial charge is 0.255 e. The summed E-state index contributed by atoms with van der Waals surface area (Å²) in [6, 6.07) is 9.35. The molecule has 1 heterocycles. The van der Waals surface area contributed by atoms with Crippen molar-refractivity contribution in [1.82, 2.24) is 10.3 Å². The summed E-state index contributed by atoms with van der Waals surface area (Å²) in [5, 5.41) is 3.79. The maximum atomic E-state index is 12.0. The van der Waals surface area contributed by atoms with Gasteiger partial charge in [0.2, 0.25) is 5.91 Å². The lowest BCUT2D eigenvalue weighted by molar-refractivity contribution is -0.116. The van der Waals surface area contributed by atoms with Crippen molar-refractivity contribution < 1.29 is 4.79 Å². The molecular formula is C19H24N2O2. The number of rotatable bonds is 5. The van der Waals surface area contributed by atoms with Gasteiger partial charge in [0.25, 0.3) is 5.56 Å². The molecule has 2 rings (SSSR count). The lowest BCUT2D eigenvalue weighted by Gasteiger charge is -2.17. The first-order valence-electron chi connectivity index (χ1n) is 7.93. The molecule has 0 aliphatic rings. The molecule has 0 bridgehead atoms. The van der Waals surface area contributed by atoms with Gasteiger partial charge in [-0.15, -0.1) is 0 Å². The molecule has 0 aliphatic carbocycles. The molecule has 2 aromatic rings. The molecule has 0 radical (unpaired) electrons. The van der Waals surface area contributed by atoms with Crippen LogP contribution in [0.1, 0.15) is 39.2 Å². The maximum Gasteiger partial charge on any atom is 0.255 e. The minimum Gasteiger partial charge on any atom is -0.353 e. The second kappa shape index (κ2) is 7.27. The Morgan fingerprint density at radius 2 is 2.00 bits per heavy atom. The van der Waals surface area contributed by atoms with Gasteiger partial charge >= 0.3 is 0 Å². The molecule has 23 heavy (non-hydrogen) atoms. The Balaban J connectivity index is 1.96. The molecule has 2 N–H and O–H groups in total. The van der Waals surface area contributed by atoms with E-state index >= 15 is 0 Å². The zero-order valence-electron chi connectivity index (χ0n) is 14.0. The van der Waals surface area contributed by atoms with Crippen LogP contribution in [0.3, 0.4) is 0 Å². The number of carbonyl (C=O) groups is 1. The largest absolute Gasteiger partial charge is 0.353 e. The quantitative estimate of drug-likeness (QED) is 0.656. The van der Waals surface area contributed by atoms with Crippen molar-refractivity contribution in [3.8, 4) is 0 Å². The van der Waals surface area contributed by atoms with Crippen LogP contribution in [-0.2, 0) is 4.79 Å². The third-order valence-corrected chi connectivity index (χ3v) is 3.60. The Labute approximate surface area is 136 Å². The summed E-state index contributed by atoms with van der Waals surface area (Å²) >= 11 is 0. The zero-order valence-corrected chi connectivity index (χ0v) is 14.0. The van der Waals surface area contributed by atoms with E-state index < -0.39 is 0 Å². The van der Waals surface area contributed by atoms with Gasteiger partial charge in [-0.1, -0.05) is 39.0 Å². The van der Waals surface area contributed by atoms with Crippen LogP contribution in [0.4, 0.5) is 0 Å². The van der Waals surface area contributed by atoms with Gasteiger partial charge in [0.05, 0.1) is 0 Å². The van der Waals surface area contributed by atoms with Gasteiger partial charge in [-0.3, -0.25) is 9.59 Å². The molecule has 1 aromatic heterocycles. The molecule has 1 aromatic carbocycles. The fourth-order valence-corrected chi connectivity index (χ4v) is 2.34. The standard InChI is InChI=1S/C19H24N2O2/c1-19(2,3)11-6-12-20-17(22)10-9-15-13-14-7-4-5-8-16(14)21-18(15)23/h4-5,7-10,13H,6,11-12H2,1-3H3,(H,20,22)(H,21,23)/b10-9+. The number of nitrogens with one attached hydrogen (secondary N) is 2. The van der Waals surface area contributed by atoms with Gasteiger partial charge in [0.15, 0.2) is 0 Å². The van der Waals surface area contributed by atoms with Crippen molar-refractivity contribution in [2.24, 2.45) is 5.41 Å².